The van der Waals surface area contributed by atoms with Crippen molar-refractivity contribution < 1.29 is 33.9 Å². The summed E-state index contributed by atoms with van der Waals surface area (Å²) >= 11 is 0. The summed E-state index contributed by atoms with van der Waals surface area (Å²) in [6, 6.07) is 34.3. The summed E-state index contributed by atoms with van der Waals surface area (Å²) in [6.45, 7) is 18.2. The van der Waals surface area contributed by atoms with E-state index in [4.69, 9.17) is 10.8 Å². The van der Waals surface area contributed by atoms with Crippen molar-refractivity contribution in [3.8, 4) is 0 Å². The molecular formula is C55H68N6O7. The topological polar surface area (TPSA) is 209 Å². The van der Waals surface area contributed by atoms with Crippen LogP contribution >= 0.6 is 0 Å². The first kappa shape index (κ1) is 55.2. The number of Topliss-reactive ketones (excluding diaryl/α,β-unsaturated/α-hetero) is 2. The molecule has 4 aromatic carbocycles. The molecule has 0 saturated heterocycles. The summed E-state index contributed by atoms with van der Waals surface area (Å²) in [5.74, 6) is -3.69. The molecule has 13 nitrogen and oxygen atoms in total. The van der Waals surface area contributed by atoms with Crippen molar-refractivity contribution >= 4 is 58.1 Å². The smallest absolute Gasteiger partial charge is 0.307 e. The van der Waals surface area contributed by atoms with Gasteiger partial charge in [-0.2, -0.15) is 0 Å². The van der Waals surface area contributed by atoms with Crippen LogP contribution < -0.4 is 21.7 Å². The van der Waals surface area contributed by atoms with Crippen LogP contribution in [0.25, 0.3) is 0 Å². The van der Waals surface area contributed by atoms with Crippen LogP contribution in [0.3, 0.4) is 0 Å². The number of allylic oxidation sites excluding steroid dienone is 2. The number of aliphatic carboxylic acids is 1. The van der Waals surface area contributed by atoms with Gasteiger partial charge in [-0.15, -0.1) is 13.2 Å². The number of ketones is 2. The molecule has 0 saturated carbocycles. The predicted octanol–water partition coefficient (Wildman–Crippen LogP) is 9.27. The van der Waals surface area contributed by atoms with Crippen LogP contribution in [0, 0.1) is 35.5 Å². The number of aliphatic imine (C=N–C) groups is 2. The molecule has 2 aliphatic heterocycles. The second-order valence-corrected chi connectivity index (χ2v) is 17.4. The maximum Gasteiger partial charge on any atom is 0.307 e. The van der Waals surface area contributed by atoms with Crippen molar-refractivity contribution in [3.63, 3.8) is 0 Å². The average molecular weight is 925 g/mol. The Kier molecular flexibility index (Phi) is 21.8. The fourth-order valence-corrected chi connectivity index (χ4v) is 8.01. The Balaban J connectivity index is 0.000000296. The first-order valence-electron chi connectivity index (χ1n) is 22.6. The molecule has 0 aliphatic carbocycles. The molecule has 0 aromatic heterocycles. The summed E-state index contributed by atoms with van der Waals surface area (Å²) in [5.41, 5.74) is 12.0. The summed E-state index contributed by atoms with van der Waals surface area (Å²) in [7, 11) is 0. The molecular weight excluding hydrogens is 857 g/mol. The summed E-state index contributed by atoms with van der Waals surface area (Å²) in [4.78, 5) is 82.0. The highest BCUT2D eigenvalue weighted by atomic mass is 16.4. The van der Waals surface area contributed by atoms with Crippen LogP contribution in [0.15, 0.2) is 144 Å². The van der Waals surface area contributed by atoms with Gasteiger partial charge in [-0.3, -0.25) is 33.8 Å². The highest BCUT2D eigenvalue weighted by Crippen LogP contribution is 2.29. The van der Waals surface area contributed by atoms with Gasteiger partial charge in [0, 0.05) is 40.0 Å². The third-order valence-electron chi connectivity index (χ3n) is 11.3. The van der Waals surface area contributed by atoms with E-state index in [1.807, 2.05) is 137 Å². The lowest BCUT2D eigenvalue weighted by Gasteiger charge is -2.26. The molecule has 13 heteroatoms. The number of carboxylic acids is 1. The van der Waals surface area contributed by atoms with E-state index in [0.717, 1.165) is 33.7 Å². The zero-order valence-electron chi connectivity index (χ0n) is 39.3. The van der Waals surface area contributed by atoms with Crippen LogP contribution in [0.4, 0.5) is 11.4 Å². The molecule has 6 atom stereocenters. The van der Waals surface area contributed by atoms with Gasteiger partial charge in [0.05, 0.1) is 28.7 Å². The number of benzene rings is 4. The average Bonchev–Trinajstić information content (AvgIpc) is 3.52. The number of anilines is 2. The van der Waals surface area contributed by atoms with Crippen LogP contribution in [-0.4, -0.2) is 64.1 Å². The number of amides is 3. The summed E-state index contributed by atoms with van der Waals surface area (Å²) in [5, 5.41) is 17.6. The molecule has 2 unspecified atom stereocenters. The van der Waals surface area contributed by atoms with Crippen molar-refractivity contribution in [1.29, 1.82) is 0 Å². The van der Waals surface area contributed by atoms with Gasteiger partial charge in [-0.25, -0.2) is 4.99 Å². The predicted molar refractivity (Wildman–Crippen MR) is 272 cm³/mol. The second kappa shape index (κ2) is 26.9. The number of benzodiazepines with no additional fused rings is 2. The lowest BCUT2D eigenvalue weighted by atomic mass is 9.80. The normalized spacial score (nSPS) is 16.6. The van der Waals surface area contributed by atoms with Crippen molar-refractivity contribution in [1.82, 2.24) is 5.32 Å². The van der Waals surface area contributed by atoms with Crippen LogP contribution in [0.1, 0.15) is 96.9 Å². The van der Waals surface area contributed by atoms with Crippen LogP contribution in [0.5, 0.6) is 0 Å². The number of nitrogens with zero attached hydrogens (tertiary/aromatic N) is 2. The number of carbonyl (C=O) groups excluding carboxylic acids is 5. The molecule has 0 bridgehead atoms. The molecule has 6 N–H and O–H groups in total. The van der Waals surface area contributed by atoms with E-state index in [-0.39, 0.29) is 42.6 Å². The Morgan fingerprint density at radius 3 is 1.46 bits per heavy atom. The fourth-order valence-electron chi connectivity index (χ4n) is 8.01. The molecule has 360 valence electrons. The molecule has 2 aliphatic rings. The Bertz CT molecular complexity index is 2450. The zero-order chi connectivity index (χ0) is 49.2. The molecule has 4 aromatic rings. The minimum absolute atomic E-state index is 0. The maximum absolute atomic E-state index is 13.4. The molecule has 2 heterocycles. The summed E-state index contributed by atoms with van der Waals surface area (Å²) < 4.78 is 0. The number of rotatable bonds is 17. The van der Waals surface area contributed by atoms with Gasteiger partial charge in [-0.05, 0) is 63.5 Å². The van der Waals surface area contributed by atoms with Gasteiger partial charge in [-0.1, -0.05) is 144 Å². The van der Waals surface area contributed by atoms with Gasteiger partial charge in [0.2, 0.25) is 12.1 Å². The first-order chi connectivity index (χ1) is 32.0. The second-order valence-electron chi connectivity index (χ2n) is 17.4. The lowest BCUT2D eigenvalue weighted by Crippen LogP contribution is -2.47. The number of hydrogen-bond acceptors (Lipinski definition) is 9. The zero-order valence-corrected chi connectivity index (χ0v) is 39.3. The van der Waals surface area contributed by atoms with E-state index < -0.39 is 47.9 Å². The van der Waals surface area contributed by atoms with E-state index in [1.165, 1.54) is 13.8 Å². The standard InChI is InChI=1S/C27H31N3O3.C15H13N3O.C12H20O3.CH4/c1-5-11-20(18(4)31)22(16-17(2)3)26(32)30-25-27(33)28-23-15-10-9-14-21(23)24(29-25)19-12-7-6-8-13-19;16-14-15(19)17-12-9-5-4-8-11(12)13(18-14)10-6-2-1-3-7-10;1-5-6-10(9(4)13)11(12(14)15)7-8(2)3;/h5-10,12-15,17,20,22,25H,1,11,16H2,2-4H3,(H,28,33)(H,30,32);1-9,14H,16H2,(H,17,19);5,8,10-11H,1,6-7H2,2-4H3,(H,14,15);1H4/t20-,22-,25?;;10-,11-;/m1.1./s1. The number of carbonyl (C=O) groups is 6. The molecule has 0 spiro atoms. The van der Waals surface area contributed by atoms with E-state index in [1.54, 1.807) is 12.2 Å². The van der Waals surface area contributed by atoms with Crippen LogP contribution in [0.2, 0.25) is 0 Å². The number of nitrogens with one attached hydrogen (secondary N) is 3. The molecule has 3 amide bonds. The molecule has 0 fully saturated rings. The number of nitrogens with two attached hydrogens (primary N) is 1. The third kappa shape index (κ3) is 15.5. The van der Waals surface area contributed by atoms with Crippen molar-refractivity contribution in [2.24, 2.45) is 51.2 Å². The minimum atomic E-state index is -1.12. The molecule has 6 rings (SSSR count). The SMILES string of the molecule is C.C=CC[C@H](C(C)=O)[C@@H](CC(C)C)C(=O)NC1N=C(c2ccccc2)c2ccccc2NC1=O.C=CC[C@H](C(C)=O)[C@@H](CC(C)C)C(=O)O.NC1N=C(c2ccccc2)c2ccccc2NC1=O. The van der Waals surface area contributed by atoms with Crippen molar-refractivity contribution in [2.75, 3.05) is 10.6 Å². The minimum Gasteiger partial charge on any atom is -0.481 e. The Labute approximate surface area is 401 Å². The quantitative estimate of drug-likeness (QED) is 0.0643. The van der Waals surface area contributed by atoms with Gasteiger partial charge in [0.15, 0.2) is 6.17 Å². The molecule has 0 radical (unpaired) electrons. The van der Waals surface area contributed by atoms with Crippen molar-refractivity contribution in [3.05, 3.63) is 157 Å². The summed E-state index contributed by atoms with van der Waals surface area (Å²) in [6.07, 6.45) is 3.17. The number of fused-ring (bicyclic) bond motifs is 2. The maximum atomic E-state index is 13.4. The largest absolute Gasteiger partial charge is 0.481 e. The van der Waals surface area contributed by atoms with Gasteiger partial charge < -0.3 is 26.8 Å². The van der Waals surface area contributed by atoms with E-state index in [2.05, 4.69) is 39.1 Å². The van der Waals surface area contributed by atoms with Gasteiger partial charge in [0.1, 0.15) is 11.6 Å². The highest BCUT2D eigenvalue weighted by molar-refractivity contribution is 6.20. The van der Waals surface area contributed by atoms with E-state index >= 15 is 0 Å². The third-order valence-corrected chi connectivity index (χ3v) is 11.3. The fraction of sp³-hybridized carbons (Fsp3) is 0.345. The molecule has 68 heavy (non-hydrogen) atoms. The lowest BCUT2D eigenvalue weighted by molar-refractivity contribution is -0.147. The Morgan fingerprint density at radius 2 is 1.03 bits per heavy atom. The number of carboxylic acid groups (broad SMARTS) is 1. The van der Waals surface area contributed by atoms with Crippen molar-refractivity contribution in [2.45, 2.75) is 87.0 Å². The van der Waals surface area contributed by atoms with Gasteiger partial charge >= 0.3 is 5.97 Å². The monoisotopic (exact) mass is 925 g/mol. The van der Waals surface area contributed by atoms with E-state index in [0.29, 0.717) is 37.1 Å². The highest BCUT2D eigenvalue weighted by Gasteiger charge is 2.35. The van der Waals surface area contributed by atoms with E-state index in [9.17, 15) is 28.8 Å². The number of hydrogen-bond donors (Lipinski definition) is 5. The number of para-hydroxylation sites is 2. The first-order valence-corrected chi connectivity index (χ1v) is 22.6. The van der Waals surface area contributed by atoms with Crippen LogP contribution in [-0.2, 0) is 28.8 Å². The van der Waals surface area contributed by atoms with Gasteiger partial charge in [0.25, 0.3) is 11.8 Å². The Hall–Kier alpha value is -7.12. The Morgan fingerprint density at radius 1 is 0.632 bits per heavy atom.